The van der Waals surface area contributed by atoms with E-state index in [4.69, 9.17) is 12.2 Å². The SMILES string of the molecule is Oc1cc2ccccc2[nH]c1=S. The molecule has 3 heteroatoms. The van der Waals surface area contributed by atoms with Crippen LogP contribution in [-0.4, -0.2) is 10.1 Å². The standard InChI is InChI=1S/C9H7NOS/c11-8-5-6-3-1-2-4-7(6)10-9(8)12/h1-5,11H,(H,10,12). The van der Waals surface area contributed by atoms with E-state index in [0.717, 1.165) is 10.9 Å². The van der Waals surface area contributed by atoms with Gasteiger partial charge in [0.15, 0.2) is 5.75 Å². The largest absolute Gasteiger partial charge is 0.505 e. The van der Waals surface area contributed by atoms with E-state index < -0.39 is 0 Å². The number of rotatable bonds is 0. The van der Waals surface area contributed by atoms with E-state index in [1.54, 1.807) is 6.07 Å². The second-order valence-corrected chi connectivity index (χ2v) is 2.98. The van der Waals surface area contributed by atoms with Gasteiger partial charge in [0.05, 0.1) is 0 Å². The minimum atomic E-state index is 0.128. The highest BCUT2D eigenvalue weighted by Crippen LogP contribution is 2.17. The van der Waals surface area contributed by atoms with Gasteiger partial charge in [0.25, 0.3) is 0 Å². The second kappa shape index (κ2) is 2.60. The molecule has 2 aromatic rings. The number of nitrogens with one attached hydrogen (secondary N) is 1. The molecule has 0 saturated carbocycles. The van der Waals surface area contributed by atoms with E-state index in [2.05, 4.69) is 4.98 Å². The molecule has 1 aromatic heterocycles. The number of benzene rings is 1. The normalized spacial score (nSPS) is 10.3. The lowest BCUT2D eigenvalue weighted by molar-refractivity contribution is 0.471. The zero-order valence-corrected chi connectivity index (χ0v) is 7.06. The first-order valence-corrected chi connectivity index (χ1v) is 3.99. The van der Waals surface area contributed by atoms with Crippen LogP contribution in [0.1, 0.15) is 0 Å². The first-order chi connectivity index (χ1) is 5.77. The summed E-state index contributed by atoms with van der Waals surface area (Å²) < 4.78 is 0.383. The third-order valence-corrected chi connectivity index (χ3v) is 2.05. The maximum atomic E-state index is 9.28. The molecule has 0 aliphatic carbocycles. The lowest BCUT2D eigenvalue weighted by atomic mass is 10.2. The average Bonchev–Trinajstić information content (AvgIpc) is 2.07. The van der Waals surface area contributed by atoms with Gasteiger partial charge in [-0.05, 0) is 12.1 Å². The third-order valence-electron chi connectivity index (χ3n) is 1.73. The van der Waals surface area contributed by atoms with Crippen molar-refractivity contribution in [1.82, 2.24) is 4.98 Å². The Labute approximate surface area is 74.5 Å². The number of aromatic amines is 1. The number of fused-ring (bicyclic) bond motifs is 1. The Morgan fingerprint density at radius 2 is 2.00 bits per heavy atom. The zero-order valence-electron chi connectivity index (χ0n) is 6.24. The fourth-order valence-electron chi connectivity index (χ4n) is 1.14. The van der Waals surface area contributed by atoms with Crippen molar-refractivity contribution >= 4 is 23.1 Å². The van der Waals surface area contributed by atoms with Gasteiger partial charge in [-0.1, -0.05) is 30.4 Å². The second-order valence-electron chi connectivity index (χ2n) is 2.57. The monoisotopic (exact) mass is 177 g/mol. The number of hydrogen-bond acceptors (Lipinski definition) is 2. The average molecular weight is 177 g/mol. The van der Waals surface area contributed by atoms with Gasteiger partial charge in [-0.3, -0.25) is 0 Å². The molecule has 2 N–H and O–H groups in total. The Kier molecular flexibility index (Phi) is 1.59. The molecule has 0 saturated heterocycles. The molecule has 0 radical (unpaired) electrons. The van der Waals surface area contributed by atoms with Crippen molar-refractivity contribution in [3.63, 3.8) is 0 Å². The highest BCUT2D eigenvalue weighted by atomic mass is 32.1. The molecule has 1 aromatic carbocycles. The third kappa shape index (κ3) is 1.08. The van der Waals surface area contributed by atoms with Crippen molar-refractivity contribution in [3.8, 4) is 5.75 Å². The summed E-state index contributed by atoms with van der Waals surface area (Å²) in [5.74, 6) is 0.128. The lowest BCUT2D eigenvalue weighted by Crippen LogP contribution is -1.78. The summed E-state index contributed by atoms with van der Waals surface area (Å²) in [6.45, 7) is 0. The van der Waals surface area contributed by atoms with Crippen molar-refractivity contribution < 1.29 is 5.11 Å². The Balaban J connectivity index is 2.93. The Morgan fingerprint density at radius 3 is 2.83 bits per heavy atom. The molecule has 0 bridgehead atoms. The summed E-state index contributed by atoms with van der Waals surface area (Å²) in [6.07, 6.45) is 0. The van der Waals surface area contributed by atoms with Crippen LogP contribution in [0.5, 0.6) is 5.75 Å². The topological polar surface area (TPSA) is 36.0 Å². The molecular formula is C9H7NOS. The molecule has 0 spiro atoms. The van der Waals surface area contributed by atoms with E-state index >= 15 is 0 Å². The summed E-state index contributed by atoms with van der Waals surface area (Å²) in [5.41, 5.74) is 0.945. The lowest BCUT2D eigenvalue weighted by Gasteiger charge is -1.97. The highest BCUT2D eigenvalue weighted by Gasteiger charge is 1.95. The molecule has 0 atom stereocenters. The summed E-state index contributed by atoms with van der Waals surface area (Å²) >= 11 is 4.88. The van der Waals surface area contributed by atoms with E-state index in [0.29, 0.717) is 4.64 Å². The number of H-pyrrole nitrogens is 1. The number of pyridine rings is 1. The van der Waals surface area contributed by atoms with Crippen LogP contribution in [-0.2, 0) is 0 Å². The van der Waals surface area contributed by atoms with Crippen molar-refractivity contribution in [2.45, 2.75) is 0 Å². The minimum Gasteiger partial charge on any atom is -0.505 e. The van der Waals surface area contributed by atoms with Crippen molar-refractivity contribution in [1.29, 1.82) is 0 Å². The maximum Gasteiger partial charge on any atom is 0.150 e. The van der Waals surface area contributed by atoms with Crippen molar-refractivity contribution in [2.24, 2.45) is 0 Å². The molecule has 0 aliphatic heterocycles. The Hall–Kier alpha value is -1.35. The minimum absolute atomic E-state index is 0.128. The van der Waals surface area contributed by atoms with Gasteiger partial charge < -0.3 is 10.1 Å². The molecule has 1 heterocycles. The van der Waals surface area contributed by atoms with Crippen LogP contribution in [0.25, 0.3) is 10.9 Å². The Morgan fingerprint density at radius 1 is 1.25 bits per heavy atom. The van der Waals surface area contributed by atoms with Gasteiger partial charge in [-0.15, -0.1) is 0 Å². The maximum absolute atomic E-state index is 9.28. The van der Waals surface area contributed by atoms with Crippen LogP contribution in [0.15, 0.2) is 30.3 Å². The van der Waals surface area contributed by atoms with Gasteiger partial charge in [0.2, 0.25) is 0 Å². The quantitative estimate of drug-likeness (QED) is 0.607. The first-order valence-electron chi connectivity index (χ1n) is 3.58. The van der Waals surface area contributed by atoms with Crippen molar-refractivity contribution in [3.05, 3.63) is 35.0 Å². The smallest absolute Gasteiger partial charge is 0.150 e. The van der Waals surface area contributed by atoms with E-state index in [9.17, 15) is 5.11 Å². The van der Waals surface area contributed by atoms with Gasteiger partial charge >= 0.3 is 0 Å². The van der Waals surface area contributed by atoms with Crippen LogP contribution in [0.4, 0.5) is 0 Å². The number of hydrogen-bond donors (Lipinski definition) is 2. The predicted molar refractivity (Wildman–Crippen MR) is 50.8 cm³/mol. The van der Waals surface area contributed by atoms with Gasteiger partial charge in [-0.25, -0.2) is 0 Å². The Bertz CT molecular complexity index is 475. The summed E-state index contributed by atoms with van der Waals surface area (Å²) in [6, 6.07) is 9.34. The molecule has 2 nitrogen and oxygen atoms in total. The van der Waals surface area contributed by atoms with E-state index in [1.807, 2.05) is 24.3 Å². The van der Waals surface area contributed by atoms with Crippen molar-refractivity contribution in [2.75, 3.05) is 0 Å². The summed E-state index contributed by atoms with van der Waals surface area (Å²) in [4.78, 5) is 2.92. The van der Waals surface area contributed by atoms with Crippen LogP contribution in [0.2, 0.25) is 0 Å². The van der Waals surface area contributed by atoms with E-state index in [1.165, 1.54) is 0 Å². The summed E-state index contributed by atoms with van der Waals surface area (Å²) in [5, 5.41) is 10.2. The van der Waals surface area contributed by atoms with Gasteiger partial charge in [0, 0.05) is 10.9 Å². The fraction of sp³-hybridized carbons (Fsp3) is 0. The van der Waals surface area contributed by atoms with Gasteiger partial charge in [0.1, 0.15) is 4.64 Å². The molecule has 2 rings (SSSR count). The zero-order chi connectivity index (χ0) is 8.55. The first kappa shape index (κ1) is 7.31. The molecule has 0 aliphatic rings. The van der Waals surface area contributed by atoms with Crippen LogP contribution in [0, 0.1) is 4.64 Å². The number of aromatic nitrogens is 1. The predicted octanol–water partition coefficient (Wildman–Crippen LogP) is 2.60. The molecule has 0 fully saturated rings. The van der Waals surface area contributed by atoms with Gasteiger partial charge in [-0.2, -0.15) is 0 Å². The fourth-order valence-corrected chi connectivity index (χ4v) is 1.30. The van der Waals surface area contributed by atoms with Crippen LogP contribution < -0.4 is 0 Å². The number of aromatic hydroxyl groups is 1. The highest BCUT2D eigenvalue weighted by molar-refractivity contribution is 7.71. The molecular weight excluding hydrogens is 170 g/mol. The number of para-hydroxylation sites is 1. The molecule has 0 amide bonds. The van der Waals surface area contributed by atoms with Crippen LogP contribution in [0.3, 0.4) is 0 Å². The van der Waals surface area contributed by atoms with E-state index in [-0.39, 0.29) is 5.75 Å². The molecule has 60 valence electrons. The van der Waals surface area contributed by atoms with Crippen LogP contribution >= 0.6 is 12.2 Å². The summed E-state index contributed by atoms with van der Waals surface area (Å²) in [7, 11) is 0. The molecule has 12 heavy (non-hydrogen) atoms. The molecule has 0 unspecified atom stereocenters.